The smallest absolute Gasteiger partial charge is 0.339 e. The van der Waals surface area contributed by atoms with Crippen molar-refractivity contribution in [3.63, 3.8) is 0 Å². The zero-order valence-corrected chi connectivity index (χ0v) is 17.4. The second-order valence-electron chi connectivity index (χ2n) is 8.07. The van der Waals surface area contributed by atoms with Crippen molar-refractivity contribution >= 4 is 5.91 Å². The molecule has 32 heavy (non-hydrogen) atoms. The summed E-state index contributed by atoms with van der Waals surface area (Å²) in [6, 6.07) is 11.3. The predicted octanol–water partition coefficient (Wildman–Crippen LogP) is 3.03. The maximum absolute atomic E-state index is 13.6. The summed E-state index contributed by atoms with van der Waals surface area (Å²) in [4.78, 5) is 20.1. The normalized spacial score (nSPS) is 24.1. The number of halogens is 4. The van der Waals surface area contributed by atoms with Gasteiger partial charge in [0.1, 0.15) is 18.0 Å². The highest BCUT2D eigenvalue weighted by Gasteiger charge is 2.38. The van der Waals surface area contributed by atoms with E-state index in [2.05, 4.69) is 10.9 Å². The van der Waals surface area contributed by atoms with Crippen molar-refractivity contribution < 1.29 is 27.2 Å². The van der Waals surface area contributed by atoms with E-state index >= 15 is 0 Å². The van der Waals surface area contributed by atoms with Gasteiger partial charge in [-0.15, -0.1) is 0 Å². The highest BCUT2D eigenvalue weighted by molar-refractivity contribution is 5.82. The molecule has 10 heteroatoms. The number of benzene rings is 2. The Morgan fingerprint density at radius 2 is 1.97 bits per heavy atom. The van der Waals surface area contributed by atoms with E-state index in [4.69, 9.17) is 4.84 Å². The van der Waals surface area contributed by atoms with Gasteiger partial charge in [0.25, 0.3) is 0 Å². The zero-order valence-electron chi connectivity index (χ0n) is 17.4. The second-order valence-corrected chi connectivity index (χ2v) is 8.07. The second kappa shape index (κ2) is 9.14. The van der Waals surface area contributed by atoms with Gasteiger partial charge in [0.05, 0.1) is 11.6 Å². The fourth-order valence-electron chi connectivity index (χ4n) is 4.10. The molecule has 1 amide bonds. The number of hydrogen-bond acceptors (Lipinski definition) is 5. The lowest BCUT2D eigenvalue weighted by Gasteiger charge is -2.26. The fourth-order valence-corrected chi connectivity index (χ4v) is 4.10. The standard InChI is InChI=1S/C22H24F4N4O2/c1-29(21(31)19-10-20(32-28-19)14-5-3-2-4-6-14)17-11-27-30(13-17)12-15-9-16(23)7-8-18(15)22(24,25)26/h2-9,17,19-20,27-28H,10-13H2,1H3. The van der Waals surface area contributed by atoms with E-state index in [0.717, 1.165) is 23.8 Å². The third kappa shape index (κ3) is 4.93. The molecule has 0 bridgehead atoms. The van der Waals surface area contributed by atoms with Crippen molar-refractivity contribution in [3.05, 3.63) is 71.0 Å². The van der Waals surface area contributed by atoms with E-state index < -0.39 is 23.6 Å². The van der Waals surface area contributed by atoms with Gasteiger partial charge < -0.3 is 4.90 Å². The van der Waals surface area contributed by atoms with E-state index in [1.54, 1.807) is 17.0 Å². The van der Waals surface area contributed by atoms with Crippen molar-refractivity contribution in [2.45, 2.75) is 37.3 Å². The van der Waals surface area contributed by atoms with Gasteiger partial charge in [-0.3, -0.25) is 15.1 Å². The van der Waals surface area contributed by atoms with Gasteiger partial charge in [0, 0.05) is 33.1 Å². The highest BCUT2D eigenvalue weighted by Crippen LogP contribution is 2.33. The van der Waals surface area contributed by atoms with Gasteiger partial charge in [-0.1, -0.05) is 30.3 Å². The van der Waals surface area contributed by atoms with E-state index in [0.29, 0.717) is 19.5 Å². The molecule has 2 aliphatic heterocycles. The first-order chi connectivity index (χ1) is 15.2. The number of hydroxylamine groups is 1. The summed E-state index contributed by atoms with van der Waals surface area (Å²) >= 11 is 0. The number of likely N-dealkylation sites (N-methyl/N-ethyl adjacent to an activating group) is 1. The Morgan fingerprint density at radius 3 is 2.69 bits per heavy atom. The minimum absolute atomic E-state index is 0.133. The number of carbonyl (C=O) groups excluding carboxylic acids is 1. The van der Waals surface area contributed by atoms with Crippen molar-refractivity contribution in [1.29, 1.82) is 0 Å². The maximum Gasteiger partial charge on any atom is 0.416 e. The summed E-state index contributed by atoms with van der Waals surface area (Å²) < 4.78 is 53.3. The van der Waals surface area contributed by atoms with Gasteiger partial charge in [-0.05, 0) is 29.3 Å². The third-order valence-electron chi connectivity index (χ3n) is 5.88. The van der Waals surface area contributed by atoms with Gasteiger partial charge >= 0.3 is 6.18 Å². The Bertz CT molecular complexity index is 957. The molecular formula is C22H24F4N4O2. The molecule has 2 aromatic carbocycles. The number of rotatable bonds is 5. The average molecular weight is 452 g/mol. The summed E-state index contributed by atoms with van der Waals surface area (Å²) in [5, 5.41) is 1.57. The SMILES string of the molecule is CN(C(=O)C1CC(c2ccccc2)ON1)C1CNN(Cc2cc(F)ccc2C(F)(F)F)C1. The summed E-state index contributed by atoms with van der Waals surface area (Å²) in [7, 11) is 1.67. The molecule has 0 spiro atoms. The molecule has 2 heterocycles. The molecule has 2 fully saturated rings. The van der Waals surface area contributed by atoms with Crippen LogP contribution >= 0.6 is 0 Å². The molecule has 172 valence electrons. The molecule has 0 aliphatic carbocycles. The lowest BCUT2D eigenvalue weighted by atomic mass is 10.0. The van der Waals surface area contributed by atoms with Crippen LogP contribution in [0.4, 0.5) is 17.6 Å². The summed E-state index contributed by atoms with van der Waals surface area (Å²) in [6.45, 7) is 0.562. The lowest BCUT2D eigenvalue weighted by molar-refractivity contribution is -0.138. The van der Waals surface area contributed by atoms with Crippen molar-refractivity contribution in [2.75, 3.05) is 20.1 Å². The van der Waals surface area contributed by atoms with Gasteiger partial charge in [0.15, 0.2) is 0 Å². The van der Waals surface area contributed by atoms with Crippen LogP contribution in [0.2, 0.25) is 0 Å². The van der Waals surface area contributed by atoms with Crippen LogP contribution in [0.5, 0.6) is 0 Å². The summed E-state index contributed by atoms with van der Waals surface area (Å²) in [5.74, 6) is -0.880. The van der Waals surface area contributed by atoms with Crippen LogP contribution in [0, 0.1) is 5.82 Å². The molecule has 2 aromatic rings. The monoisotopic (exact) mass is 452 g/mol. The Labute approximate surface area is 183 Å². The quantitative estimate of drug-likeness (QED) is 0.684. The van der Waals surface area contributed by atoms with Crippen LogP contribution in [0.25, 0.3) is 0 Å². The van der Waals surface area contributed by atoms with E-state index in [9.17, 15) is 22.4 Å². The topological polar surface area (TPSA) is 56.8 Å². The number of amides is 1. The number of carbonyl (C=O) groups is 1. The summed E-state index contributed by atoms with van der Waals surface area (Å²) in [5.41, 5.74) is 5.76. The fraction of sp³-hybridized carbons (Fsp3) is 0.409. The largest absolute Gasteiger partial charge is 0.416 e. The molecule has 2 N–H and O–H groups in total. The van der Waals surface area contributed by atoms with Crippen LogP contribution in [-0.2, 0) is 22.4 Å². The lowest BCUT2D eigenvalue weighted by Crippen LogP contribution is -2.48. The van der Waals surface area contributed by atoms with E-state index in [1.807, 2.05) is 30.3 Å². The molecule has 0 aromatic heterocycles. The van der Waals surface area contributed by atoms with E-state index in [1.165, 1.54) is 0 Å². The third-order valence-corrected chi connectivity index (χ3v) is 5.88. The number of hydrazine groups is 1. The molecule has 4 rings (SSSR count). The number of nitrogens with one attached hydrogen (secondary N) is 2. The minimum Gasteiger partial charge on any atom is -0.339 e. The highest BCUT2D eigenvalue weighted by atomic mass is 19.4. The number of alkyl halides is 3. The Kier molecular flexibility index (Phi) is 6.47. The molecule has 2 aliphatic rings. The van der Waals surface area contributed by atoms with Crippen LogP contribution in [-0.4, -0.2) is 48.0 Å². The molecule has 2 saturated heterocycles. The molecule has 6 nitrogen and oxygen atoms in total. The maximum atomic E-state index is 13.6. The molecule has 3 unspecified atom stereocenters. The first-order valence-corrected chi connectivity index (χ1v) is 10.3. The van der Waals surface area contributed by atoms with Crippen molar-refractivity contribution in [1.82, 2.24) is 20.8 Å². The number of hydrogen-bond donors (Lipinski definition) is 2. The summed E-state index contributed by atoms with van der Waals surface area (Å²) in [6.07, 6.45) is -4.32. The first-order valence-electron chi connectivity index (χ1n) is 10.3. The van der Waals surface area contributed by atoms with Crippen LogP contribution < -0.4 is 10.9 Å². The van der Waals surface area contributed by atoms with Crippen LogP contribution in [0.3, 0.4) is 0 Å². The van der Waals surface area contributed by atoms with Crippen LogP contribution in [0.1, 0.15) is 29.2 Å². The zero-order chi connectivity index (χ0) is 22.9. The minimum atomic E-state index is -4.57. The Morgan fingerprint density at radius 1 is 1.22 bits per heavy atom. The van der Waals surface area contributed by atoms with Gasteiger partial charge in [-0.25, -0.2) is 9.40 Å². The average Bonchev–Trinajstić information content (AvgIpc) is 3.42. The van der Waals surface area contributed by atoms with E-state index in [-0.39, 0.29) is 30.2 Å². The number of nitrogens with zero attached hydrogens (tertiary/aromatic N) is 2. The predicted molar refractivity (Wildman–Crippen MR) is 108 cm³/mol. The molecule has 3 atom stereocenters. The Balaban J connectivity index is 1.36. The Hall–Kier alpha value is -2.53. The molecule has 0 saturated carbocycles. The van der Waals surface area contributed by atoms with Gasteiger partial charge in [0.2, 0.25) is 5.91 Å². The molecule has 0 radical (unpaired) electrons. The van der Waals surface area contributed by atoms with Gasteiger partial charge in [-0.2, -0.15) is 18.7 Å². The van der Waals surface area contributed by atoms with Crippen molar-refractivity contribution in [2.24, 2.45) is 0 Å². The first kappa shape index (κ1) is 22.7. The van der Waals surface area contributed by atoms with Crippen molar-refractivity contribution in [3.8, 4) is 0 Å². The molecular weight excluding hydrogens is 428 g/mol. The van der Waals surface area contributed by atoms with Crippen LogP contribution in [0.15, 0.2) is 48.5 Å².